The molecular weight excluding hydrogens is 304 g/mol. The van der Waals surface area contributed by atoms with Gasteiger partial charge in [-0.25, -0.2) is 0 Å². The number of esters is 2. The van der Waals surface area contributed by atoms with Crippen molar-refractivity contribution in [1.29, 1.82) is 0 Å². The molecule has 8 atom stereocenters. The van der Waals surface area contributed by atoms with Gasteiger partial charge in [-0.2, -0.15) is 0 Å². The standard InChI is InChI=1S/C20H26O4/c1-10-8-19-9-12(10)4-5-14(19)20-7-6-13(24-18(20)22)11(2)15(20)16(19)17(21)23-3/h11-16H,1,4-9H2,2-3H3/t11?,12-,13+,14?,15?,16-,19+,20-/m1/s1. The lowest BCUT2D eigenvalue weighted by Gasteiger charge is -2.54. The Bertz CT molecular complexity index is 654. The molecule has 6 fully saturated rings. The predicted octanol–water partition coefficient (Wildman–Crippen LogP) is 3.11. The smallest absolute Gasteiger partial charge is 0.312 e. The number of allylic oxidation sites excluding steroid dienone is 1. The van der Waals surface area contributed by atoms with Crippen molar-refractivity contribution >= 4 is 11.9 Å². The zero-order valence-corrected chi connectivity index (χ0v) is 14.5. The lowest BCUT2D eigenvalue weighted by Crippen LogP contribution is -2.59. The summed E-state index contributed by atoms with van der Waals surface area (Å²) in [6.45, 7) is 6.50. The van der Waals surface area contributed by atoms with Gasteiger partial charge in [-0.3, -0.25) is 9.59 Å². The van der Waals surface area contributed by atoms with Crippen LogP contribution in [0.5, 0.6) is 0 Å². The van der Waals surface area contributed by atoms with Crippen molar-refractivity contribution in [2.75, 3.05) is 7.11 Å². The van der Waals surface area contributed by atoms with Crippen LogP contribution >= 0.6 is 0 Å². The molecule has 6 rings (SSSR count). The second kappa shape index (κ2) is 4.44. The molecule has 0 aromatic carbocycles. The molecule has 2 heterocycles. The Kier molecular flexibility index (Phi) is 2.77. The summed E-state index contributed by atoms with van der Waals surface area (Å²) in [5, 5.41) is 0. The maximum Gasteiger partial charge on any atom is 0.312 e. The first-order valence-electron chi connectivity index (χ1n) is 9.42. The Morgan fingerprint density at radius 2 is 2.12 bits per heavy atom. The van der Waals surface area contributed by atoms with E-state index in [0.717, 1.165) is 38.5 Å². The fraction of sp³-hybridized carbons (Fsp3) is 0.800. The molecule has 4 nitrogen and oxygen atoms in total. The van der Waals surface area contributed by atoms with Gasteiger partial charge in [0.05, 0.1) is 18.4 Å². The number of carbonyl (C=O) groups excluding carboxylic acids is 2. The molecule has 24 heavy (non-hydrogen) atoms. The van der Waals surface area contributed by atoms with E-state index in [1.54, 1.807) is 0 Å². The van der Waals surface area contributed by atoms with Crippen LogP contribution in [0.15, 0.2) is 12.2 Å². The van der Waals surface area contributed by atoms with Gasteiger partial charge in [0.15, 0.2) is 0 Å². The number of methoxy groups -OCH3 is 1. The largest absolute Gasteiger partial charge is 0.469 e. The van der Waals surface area contributed by atoms with Crippen molar-refractivity contribution < 1.29 is 19.1 Å². The first kappa shape index (κ1) is 15.0. The van der Waals surface area contributed by atoms with Gasteiger partial charge in [0.25, 0.3) is 0 Å². The van der Waals surface area contributed by atoms with Crippen molar-refractivity contribution in [1.82, 2.24) is 0 Å². The predicted molar refractivity (Wildman–Crippen MR) is 86.7 cm³/mol. The third kappa shape index (κ3) is 1.40. The zero-order valence-electron chi connectivity index (χ0n) is 14.5. The molecule has 0 aromatic rings. The Labute approximate surface area is 143 Å². The summed E-state index contributed by atoms with van der Waals surface area (Å²) >= 11 is 0. The lowest BCUT2D eigenvalue weighted by atomic mass is 9.55. The molecule has 0 radical (unpaired) electrons. The highest BCUT2D eigenvalue weighted by Crippen LogP contribution is 2.77. The van der Waals surface area contributed by atoms with E-state index in [1.165, 1.54) is 12.7 Å². The SMILES string of the molecule is C=C1C[C@]23C[C@H]1CCC2[C@@]12CC[C@H](OC1=O)C(C)C2[C@@H]3C(=O)OC. The summed E-state index contributed by atoms with van der Waals surface area (Å²) in [5.41, 5.74) is 0.712. The van der Waals surface area contributed by atoms with E-state index in [0.29, 0.717) is 5.92 Å². The molecule has 3 unspecified atom stereocenters. The summed E-state index contributed by atoms with van der Waals surface area (Å²) in [6.07, 6.45) is 5.87. The molecular formula is C20H26O4. The number of rotatable bonds is 1. The molecule has 2 spiro atoms. The molecule has 4 heteroatoms. The fourth-order valence-corrected chi connectivity index (χ4v) is 7.87. The molecule has 0 amide bonds. The fourth-order valence-electron chi connectivity index (χ4n) is 7.87. The highest BCUT2D eigenvalue weighted by molar-refractivity contribution is 5.85. The van der Waals surface area contributed by atoms with Crippen LogP contribution < -0.4 is 0 Å². The minimum Gasteiger partial charge on any atom is -0.469 e. The normalized spacial score (nSPS) is 54.2. The van der Waals surface area contributed by atoms with Crippen LogP contribution in [0.3, 0.4) is 0 Å². The van der Waals surface area contributed by atoms with E-state index in [-0.39, 0.29) is 47.1 Å². The summed E-state index contributed by atoms with van der Waals surface area (Å²) in [5.74, 6) is 0.810. The second-order valence-corrected chi connectivity index (χ2v) is 9.01. The summed E-state index contributed by atoms with van der Waals surface area (Å²) in [7, 11) is 1.49. The van der Waals surface area contributed by atoms with Gasteiger partial charge in [0, 0.05) is 0 Å². The monoisotopic (exact) mass is 330 g/mol. The highest BCUT2D eigenvalue weighted by atomic mass is 16.6. The van der Waals surface area contributed by atoms with Gasteiger partial charge in [0.1, 0.15) is 6.10 Å². The number of ether oxygens (including phenoxy) is 2. The Hall–Kier alpha value is -1.32. The van der Waals surface area contributed by atoms with Crippen molar-refractivity contribution in [2.24, 2.45) is 40.4 Å². The average molecular weight is 330 g/mol. The number of carbonyl (C=O) groups is 2. The van der Waals surface area contributed by atoms with Crippen molar-refractivity contribution in [3.63, 3.8) is 0 Å². The van der Waals surface area contributed by atoms with E-state index in [1.807, 2.05) is 0 Å². The van der Waals surface area contributed by atoms with Crippen LogP contribution in [0.2, 0.25) is 0 Å². The van der Waals surface area contributed by atoms with Gasteiger partial charge in [-0.05, 0) is 67.6 Å². The van der Waals surface area contributed by atoms with Gasteiger partial charge in [-0.15, -0.1) is 0 Å². The summed E-state index contributed by atoms with van der Waals surface area (Å²) < 4.78 is 11.1. The molecule has 4 bridgehead atoms. The molecule has 2 aliphatic heterocycles. The molecule has 0 aromatic heterocycles. The minimum atomic E-state index is -0.456. The number of hydrogen-bond donors (Lipinski definition) is 0. The highest BCUT2D eigenvalue weighted by Gasteiger charge is 2.78. The third-order valence-electron chi connectivity index (χ3n) is 8.54. The quantitative estimate of drug-likeness (QED) is 0.547. The average Bonchev–Trinajstić information content (AvgIpc) is 2.97. The van der Waals surface area contributed by atoms with Crippen LogP contribution in [0.4, 0.5) is 0 Å². The van der Waals surface area contributed by atoms with E-state index in [9.17, 15) is 9.59 Å². The summed E-state index contributed by atoms with van der Waals surface area (Å²) in [6, 6.07) is 0. The van der Waals surface area contributed by atoms with Crippen molar-refractivity contribution in [3.8, 4) is 0 Å². The van der Waals surface area contributed by atoms with Gasteiger partial charge in [0.2, 0.25) is 0 Å². The first-order valence-corrected chi connectivity index (χ1v) is 9.42. The summed E-state index contributed by atoms with van der Waals surface area (Å²) in [4.78, 5) is 26.0. The molecule has 4 aliphatic carbocycles. The van der Waals surface area contributed by atoms with Crippen molar-refractivity contribution in [3.05, 3.63) is 12.2 Å². The Morgan fingerprint density at radius 3 is 2.83 bits per heavy atom. The molecule has 4 saturated carbocycles. The van der Waals surface area contributed by atoms with Gasteiger partial charge in [-0.1, -0.05) is 19.1 Å². The first-order chi connectivity index (χ1) is 11.5. The van der Waals surface area contributed by atoms with Gasteiger partial charge < -0.3 is 9.47 Å². The number of fused-ring (bicyclic) bond motifs is 3. The topological polar surface area (TPSA) is 52.6 Å². The van der Waals surface area contributed by atoms with Crippen LogP contribution in [0.25, 0.3) is 0 Å². The third-order valence-corrected chi connectivity index (χ3v) is 8.54. The van der Waals surface area contributed by atoms with Crippen LogP contribution in [0, 0.1) is 40.4 Å². The van der Waals surface area contributed by atoms with E-state index < -0.39 is 5.41 Å². The van der Waals surface area contributed by atoms with E-state index in [2.05, 4.69) is 13.5 Å². The maximum absolute atomic E-state index is 13.1. The van der Waals surface area contributed by atoms with Gasteiger partial charge >= 0.3 is 11.9 Å². The van der Waals surface area contributed by atoms with E-state index in [4.69, 9.17) is 9.47 Å². The Balaban J connectivity index is 1.74. The van der Waals surface area contributed by atoms with E-state index >= 15 is 0 Å². The molecule has 6 aliphatic rings. The second-order valence-electron chi connectivity index (χ2n) is 9.01. The van der Waals surface area contributed by atoms with Crippen LogP contribution in [-0.4, -0.2) is 25.2 Å². The number of hydrogen-bond acceptors (Lipinski definition) is 4. The maximum atomic E-state index is 13.1. The van der Waals surface area contributed by atoms with Crippen LogP contribution in [-0.2, 0) is 19.1 Å². The molecule has 0 N–H and O–H groups in total. The van der Waals surface area contributed by atoms with Crippen molar-refractivity contribution in [2.45, 2.75) is 51.6 Å². The lowest BCUT2D eigenvalue weighted by molar-refractivity contribution is -0.209. The van der Waals surface area contributed by atoms with Crippen LogP contribution in [0.1, 0.15) is 45.4 Å². The zero-order chi connectivity index (χ0) is 16.9. The Morgan fingerprint density at radius 1 is 1.33 bits per heavy atom. The minimum absolute atomic E-state index is 0.0198. The molecule has 2 saturated heterocycles. The molecule has 130 valence electrons.